The van der Waals surface area contributed by atoms with Gasteiger partial charge in [0, 0.05) is 18.2 Å². The first-order chi connectivity index (χ1) is 11.5. The van der Waals surface area contributed by atoms with Crippen LogP contribution in [0.5, 0.6) is 0 Å². The summed E-state index contributed by atoms with van der Waals surface area (Å²) in [6.45, 7) is 3.85. The van der Waals surface area contributed by atoms with E-state index in [1.54, 1.807) is 16.7 Å². The topological polar surface area (TPSA) is 52.7 Å². The van der Waals surface area contributed by atoms with E-state index in [4.69, 9.17) is 0 Å². The molecule has 1 aliphatic heterocycles. The van der Waals surface area contributed by atoms with Crippen LogP contribution in [0.25, 0.3) is 0 Å². The first-order valence-electron chi connectivity index (χ1n) is 8.34. The van der Waals surface area contributed by atoms with Crippen LogP contribution < -0.4 is 5.32 Å². The molecule has 0 spiro atoms. The summed E-state index contributed by atoms with van der Waals surface area (Å²) in [6.07, 6.45) is 0.435. The average molecular weight is 350 g/mol. The van der Waals surface area contributed by atoms with Crippen molar-refractivity contribution < 1.29 is 9.59 Å². The van der Waals surface area contributed by atoms with Gasteiger partial charge in [-0.15, -0.1) is 11.8 Å². The van der Waals surface area contributed by atoms with Crippen molar-refractivity contribution in [2.75, 3.05) is 25.7 Å². The Hall–Kier alpha value is -1.53. The third-order valence-electron chi connectivity index (χ3n) is 4.35. The molecule has 1 saturated heterocycles. The minimum absolute atomic E-state index is 0.0417. The molecule has 0 aromatic heterocycles. The van der Waals surface area contributed by atoms with Crippen molar-refractivity contribution in [1.82, 2.24) is 15.1 Å². The van der Waals surface area contributed by atoms with Crippen LogP contribution in [0, 0.1) is 0 Å². The zero-order valence-electron chi connectivity index (χ0n) is 14.9. The number of nitrogens with zero attached hydrogens (tertiary/aromatic N) is 2. The predicted molar refractivity (Wildman–Crippen MR) is 98.7 cm³/mol. The zero-order chi connectivity index (χ0) is 17.7. The van der Waals surface area contributed by atoms with Gasteiger partial charge in [-0.1, -0.05) is 37.3 Å². The average Bonchev–Trinajstić information content (AvgIpc) is 3.04. The number of benzene rings is 1. The fourth-order valence-corrected chi connectivity index (χ4v) is 4.37. The summed E-state index contributed by atoms with van der Waals surface area (Å²) in [5.41, 5.74) is 1.16. The smallest absolute Gasteiger partial charge is 0.243 e. The number of nitrogens with one attached hydrogen (secondary N) is 1. The number of rotatable bonds is 6. The van der Waals surface area contributed by atoms with Gasteiger partial charge in [0.25, 0.3) is 0 Å². The second-order valence-corrected chi connectivity index (χ2v) is 7.35. The summed E-state index contributed by atoms with van der Waals surface area (Å²) in [6, 6.07) is 9.83. The summed E-state index contributed by atoms with van der Waals surface area (Å²) in [5, 5.41) is 3.12. The van der Waals surface area contributed by atoms with E-state index in [0.29, 0.717) is 18.1 Å². The number of thioether (sulfide) groups is 1. The molecule has 1 aromatic rings. The van der Waals surface area contributed by atoms with Crippen molar-refractivity contribution in [1.29, 1.82) is 0 Å². The second kappa shape index (κ2) is 8.53. The van der Waals surface area contributed by atoms with Gasteiger partial charge in [0.05, 0.1) is 11.9 Å². The molecular weight excluding hydrogens is 322 g/mol. The molecular formula is C18H27N3O2S. The van der Waals surface area contributed by atoms with E-state index in [0.717, 1.165) is 5.56 Å². The molecule has 3 atom stereocenters. The van der Waals surface area contributed by atoms with Crippen molar-refractivity contribution in [2.45, 2.75) is 38.4 Å². The van der Waals surface area contributed by atoms with Crippen LogP contribution in [-0.2, 0) is 9.59 Å². The van der Waals surface area contributed by atoms with E-state index in [-0.39, 0.29) is 29.9 Å². The van der Waals surface area contributed by atoms with E-state index < -0.39 is 0 Å². The van der Waals surface area contributed by atoms with Crippen molar-refractivity contribution >= 4 is 23.6 Å². The maximum atomic E-state index is 12.7. The van der Waals surface area contributed by atoms with Gasteiger partial charge in [0.2, 0.25) is 11.8 Å². The third-order valence-corrected chi connectivity index (χ3v) is 5.36. The lowest BCUT2D eigenvalue weighted by Gasteiger charge is -2.32. The Morgan fingerprint density at radius 1 is 1.33 bits per heavy atom. The Bertz CT molecular complexity index is 565. The normalized spacial score (nSPS) is 20.0. The highest BCUT2D eigenvalue weighted by Gasteiger charge is 2.35. The maximum absolute atomic E-state index is 12.7. The third kappa shape index (κ3) is 4.30. The summed E-state index contributed by atoms with van der Waals surface area (Å²) in [4.78, 5) is 28.5. The van der Waals surface area contributed by atoms with E-state index in [1.807, 2.05) is 46.1 Å². The van der Waals surface area contributed by atoms with Gasteiger partial charge in [-0.3, -0.25) is 9.59 Å². The summed E-state index contributed by atoms with van der Waals surface area (Å²) < 4.78 is 0. The zero-order valence-corrected chi connectivity index (χ0v) is 15.7. The molecule has 1 heterocycles. The van der Waals surface area contributed by atoms with Gasteiger partial charge in [-0.2, -0.15) is 0 Å². The summed E-state index contributed by atoms with van der Waals surface area (Å²) in [5.74, 6) is 1.26. The van der Waals surface area contributed by atoms with Crippen molar-refractivity contribution in [2.24, 2.45) is 0 Å². The van der Waals surface area contributed by atoms with E-state index >= 15 is 0 Å². The molecule has 6 heteroatoms. The maximum Gasteiger partial charge on any atom is 0.243 e. The lowest BCUT2D eigenvalue weighted by atomic mass is 9.99. The molecule has 0 aliphatic carbocycles. The van der Waals surface area contributed by atoms with Crippen LogP contribution in [0.1, 0.15) is 31.9 Å². The predicted octanol–water partition coefficient (Wildman–Crippen LogP) is 2.11. The van der Waals surface area contributed by atoms with Crippen LogP contribution >= 0.6 is 11.8 Å². The Balaban J connectivity index is 2.08. The molecule has 0 unspecified atom stereocenters. The highest BCUT2D eigenvalue weighted by atomic mass is 32.2. The van der Waals surface area contributed by atoms with Crippen LogP contribution in [-0.4, -0.2) is 59.4 Å². The van der Waals surface area contributed by atoms with Crippen molar-refractivity contribution in [3.8, 4) is 0 Å². The SMILES string of the molecule is CCC(=O)N1CSC[C@@H]1C(=O)N[C@H](C)[C@H](c1ccccc1)N(C)C. The number of hydrogen-bond donors (Lipinski definition) is 1. The molecule has 1 fully saturated rings. The van der Waals surface area contributed by atoms with Gasteiger partial charge >= 0.3 is 0 Å². The Kier molecular flexibility index (Phi) is 6.69. The van der Waals surface area contributed by atoms with Crippen molar-refractivity contribution in [3.05, 3.63) is 35.9 Å². The lowest BCUT2D eigenvalue weighted by Crippen LogP contribution is -2.51. The van der Waals surface area contributed by atoms with E-state index in [2.05, 4.69) is 22.3 Å². The summed E-state index contributed by atoms with van der Waals surface area (Å²) >= 11 is 1.63. The number of amides is 2. The molecule has 0 bridgehead atoms. The second-order valence-electron chi connectivity index (χ2n) is 6.35. The summed E-state index contributed by atoms with van der Waals surface area (Å²) in [7, 11) is 4.03. The fraction of sp³-hybridized carbons (Fsp3) is 0.556. The molecule has 1 aliphatic rings. The number of likely N-dealkylation sites (N-methyl/N-ethyl adjacent to an activating group) is 1. The monoisotopic (exact) mass is 349 g/mol. The van der Waals surface area contributed by atoms with E-state index in [1.165, 1.54) is 0 Å². The Labute approximate surface area is 148 Å². The number of hydrogen-bond acceptors (Lipinski definition) is 4. The molecule has 5 nitrogen and oxygen atoms in total. The minimum atomic E-state index is -0.358. The standard InChI is InChI=1S/C18H27N3O2S/c1-5-16(22)21-12-24-11-15(21)18(23)19-13(2)17(20(3)4)14-9-7-6-8-10-14/h6-10,13,15,17H,5,11-12H2,1-4H3,(H,19,23)/t13-,15-,17-/m1/s1. The highest BCUT2D eigenvalue weighted by Crippen LogP contribution is 2.24. The Morgan fingerprint density at radius 3 is 2.58 bits per heavy atom. The van der Waals surface area contributed by atoms with Crippen LogP contribution in [0.3, 0.4) is 0 Å². The van der Waals surface area contributed by atoms with Crippen LogP contribution in [0.15, 0.2) is 30.3 Å². The first kappa shape index (κ1) is 18.8. The van der Waals surface area contributed by atoms with E-state index in [9.17, 15) is 9.59 Å². The van der Waals surface area contributed by atoms with Crippen LogP contribution in [0.4, 0.5) is 0 Å². The van der Waals surface area contributed by atoms with Crippen molar-refractivity contribution in [3.63, 3.8) is 0 Å². The largest absolute Gasteiger partial charge is 0.350 e. The molecule has 1 N–H and O–H groups in total. The number of carbonyl (C=O) groups excluding carboxylic acids is 2. The minimum Gasteiger partial charge on any atom is -0.350 e. The Morgan fingerprint density at radius 2 is 2.00 bits per heavy atom. The van der Waals surface area contributed by atoms with Gasteiger partial charge in [-0.05, 0) is 26.6 Å². The van der Waals surface area contributed by atoms with Gasteiger partial charge < -0.3 is 15.1 Å². The molecule has 132 valence electrons. The molecule has 1 aromatic carbocycles. The molecule has 2 amide bonds. The van der Waals surface area contributed by atoms with Gasteiger partial charge in [0.1, 0.15) is 6.04 Å². The number of carbonyl (C=O) groups is 2. The van der Waals surface area contributed by atoms with Crippen LogP contribution in [0.2, 0.25) is 0 Å². The highest BCUT2D eigenvalue weighted by molar-refractivity contribution is 7.99. The van der Waals surface area contributed by atoms with Gasteiger partial charge in [0.15, 0.2) is 0 Å². The lowest BCUT2D eigenvalue weighted by molar-refractivity contribution is -0.138. The van der Waals surface area contributed by atoms with Gasteiger partial charge in [-0.25, -0.2) is 0 Å². The first-order valence-corrected chi connectivity index (χ1v) is 9.50. The molecule has 24 heavy (non-hydrogen) atoms. The fourth-order valence-electron chi connectivity index (χ4n) is 3.19. The molecule has 0 radical (unpaired) electrons. The molecule has 2 rings (SSSR count). The quantitative estimate of drug-likeness (QED) is 0.855. The molecule has 0 saturated carbocycles.